The third-order valence-electron chi connectivity index (χ3n) is 7.03. The number of unbranched alkanes of at least 4 members (excludes halogenated alkanes) is 10. The van der Waals surface area contributed by atoms with Crippen LogP contribution in [0.2, 0.25) is 0 Å². The highest BCUT2D eigenvalue weighted by atomic mass is 16.7. The first-order valence-corrected chi connectivity index (χ1v) is 13.2. The predicted molar refractivity (Wildman–Crippen MR) is 137 cm³/mol. The van der Waals surface area contributed by atoms with Gasteiger partial charge in [0, 0.05) is 30.9 Å². The number of anilines is 1. The maximum atomic E-state index is 6.16. The van der Waals surface area contributed by atoms with Crippen LogP contribution in [0.5, 0.6) is 0 Å². The summed E-state index contributed by atoms with van der Waals surface area (Å²) in [5, 5.41) is 0. The van der Waals surface area contributed by atoms with Gasteiger partial charge in [-0.05, 0) is 40.5 Å². The molecule has 0 N–H and O–H groups in total. The topological polar surface area (TPSA) is 47.5 Å². The van der Waals surface area contributed by atoms with Crippen LogP contribution in [0.25, 0.3) is 0 Å². The van der Waals surface area contributed by atoms with E-state index in [-0.39, 0.29) is 11.2 Å². The van der Waals surface area contributed by atoms with Crippen LogP contribution in [-0.4, -0.2) is 41.4 Å². The molecule has 1 aliphatic heterocycles. The second kappa shape index (κ2) is 13.5. The van der Waals surface area contributed by atoms with Gasteiger partial charge >= 0.3 is 7.12 Å². The number of hydrogen-bond donors (Lipinski definition) is 0. The molecular formula is C26H48BN3O2. The molecule has 2 heterocycles. The first-order chi connectivity index (χ1) is 15.3. The lowest BCUT2D eigenvalue weighted by atomic mass is 9.81. The highest BCUT2D eigenvalue weighted by molar-refractivity contribution is 6.61. The van der Waals surface area contributed by atoms with Crippen LogP contribution in [-0.2, 0) is 9.31 Å². The molecule has 1 aromatic heterocycles. The van der Waals surface area contributed by atoms with Crippen molar-refractivity contribution in [3.63, 3.8) is 0 Å². The van der Waals surface area contributed by atoms with Gasteiger partial charge in [0.25, 0.3) is 0 Å². The van der Waals surface area contributed by atoms with Crippen molar-refractivity contribution in [3.8, 4) is 0 Å². The van der Waals surface area contributed by atoms with Crippen molar-refractivity contribution in [1.29, 1.82) is 0 Å². The van der Waals surface area contributed by atoms with Crippen LogP contribution in [0.4, 0.5) is 5.95 Å². The Balaban J connectivity index is 1.93. The average Bonchev–Trinajstić information content (AvgIpc) is 2.98. The molecule has 32 heavy (non-hydrogen) atoms. The Kier molecular flexibility index (Phi) is 11.5. The van der Waals surface area contributed by atoms with E-state index >= 15 is 0 Å². The molecule has 0 saturated carbocycles. The normalized spacial score (nSPS) is 17.1. The molecule has 1 fully saturated rings. The van der Waals surface area contributed by atoms with Crippen LogP contribution in [0.15, 0.2) is 12.4 Å². The smallest absolute Gasteiger partial charge is 0.399 e. The molecule has 0 spiro atoms. The van der Waals surface area contributed by atoms with Gasteiger partial charge in [-0.3, -0.25) is 0 Å². The van der Waals surface area contributed by atoms with Gasteiger partial charge < -0.3 is 14.2 Å². The Morgan fingerprint density at radius 2 is 1.09 bits per heavy atom. The molecule has 0 radical (unpaired) electrons. The Labute approximate surface area is 198 Å². The molecule has 1 saturated heterocycles. The van der Waals surface area contributed by atoms with E-state index in [1.54, 1.807) is 0 Å². The molecule has 5 nitrogen and oxygen atoms in total. The lowest BCUT2D eigenvalue weighted by Crippen LogP contribution is -2.41. The molecule has 0 aromatic carbocycles. The number of aromatic nitrogens is 2. The number of rotatable bonds is 16. The first-order valence-electron chi connectivity index (χ1n) is 13.2. The van der Waals surface area contributed by atoms with Crippen molar-refractivity contribution in [1.82, 2.24) is 9.97 Å². The quantitative estimate of drug-likeness (QED) is 0.221. The summed E-state index contributed by atoms with van der Waals surface area (Å²) in [4.78, 5) is 11.8. The Hall–Kier alpha value is -1.14. The zero-order valence-electron chi connectivity index (χ0n) is 21.8. The molecule has 1 aromatic rings. The minimum atomic E-state index is -0.403. The lowest BCUT2D eigenvalue weighted by molar-refractivity contribution is 0.00578. The lowest BCUT2D eigenvalue weighted by Gasteiger charge is -2.32. The van der Waals surface area contributed by atoms with Gasteiger partial charge in [-0.1, -0.05) is 78.1 Å². The summed E-state index contributed by atoms with van der Waals surface area (Å²) in [6, 6.07) is 0. The fourth-order valence-electron chi connectivity index (χ4n) is 4.07. The van der Waals surface area contributed by atoms with Gasteiger partial charge in [-0.25, -0.2) is 9.97 Å². The third-order valence-corrected chi connectivity index (χ3v) is 7.03. The molecule has 2 rings (SSSR count). The van der Waals surface area contributed by atoms with E-state index in [2.05, 4.69) is 46.4 Å². The summed E-state index contributed by atoms with van der Waals surface area (Å²) < 4.78 is 12.3. The second-order valence-electron chi connectivity index (χ2n) is 10.4. The number of nitrogens with zero attached hydrogens (tertiary/aromatic N) is 3. The van der Waals surface area contributed by atoms with Crippen LogP contribution in [0.3, 0.4) is 0 Å². The van der Waals surface area contributed by atoms with Gasteiger partial charge in [0.2, 0.25) is 5.95 Å². The van der Waals surface area contributed by atoms with Gasteiger partial charge in [0.05, 0.1) is 11.2 Å². The van der Waals surface area contributed by atoms with Crippen molar-refractivity contribution in [2.45, 2.75) is 130 Å². The largest absolute Gasteiger partial charge is 0.498 e. The van der Waals surface area contributed by atoms with Crippen molar-refractivity contribution in [2.75, 3.05) is 18.0 Å². The van der Waals surface area contributed by atoms with E-state index in [9.17, 15) is 0 Å². The SMILES string of the molecule is CCCCCCCCN(CCCCCCCC)c1ncc(B2OC(C)(C)C(C)(C)O2)cn1. The minimum Gasteiger partial charge on any atom is -0.399 e. The van der Waals surface area contributed by atoms with E-state index in [0.717, 1.165) is 24.5 Å². The summed E-state index contributed by atoms with van der Waals surface area (Å²) >= 11 is 0. The molecule has 0 aliphatic carbocycles. The summed E-state index contributed by atoms with van der Waals surface area (Å²) in [5.41, 5.74) is 0.196. The highest BCUT2D eigenvalue weighted by Gasteiger charge is 2.51. The molecule has 6 heteroatoms. The van der Waals surface area contributed by atoms with E-state index in [1.807, 2.05) is 12.4 Å². The van der Waals surface area contributed by atoms with E-state index in [0.29, 0.717) is 0 Å². The van der Waals surface area contributed by atoms with E-state index < -0.39 is 7.12 Å². The summed E-state index contributed by atoms with van der Waals surface area (Å²) in [6.45, 7) is 14.9. The van der Waals surface area contributed by atoms with Crippen LogP contribution < -0.4 is 10.4 Å². The predicted octanol–water partition coefficient (Wildman–Crippen LogP) is 6.30. The molecule has 0 atom stereocenters. The molecule has 0 unspecified atom stereocenters. The summed E-state index contributed by atoms with van der Waals surface area (Å²) in [6.07, 6.45) is 19.5. The van der Waals surface area contributed by atoms with Crippen LogP contribution in [0, 0.1) is 0 Å². The first kappa shape index (κ1) is 27.1. The fourth-order valence-corrected chi connectivity index (χ4v) is 4.07. The van der Waals surface area contributed by atoms with Crippen LogP contribution in [0.1, 0.15) is 119 Å². The summed E-state index contributed by atoms with van der Waals surface area (Å²) in [5.74, 6) is 0.840. The highest BCUT2D eigenvalue weighted by Crippen LogP contribution is 2.36. The maximum Gasteiger partial charge on any atom is 0.498 e. The molecular weight excluding hydrogens is 397 g/mol. The minimum absolute atomic E-state index is 0.349. The molecule has 1 aliphatic rings. The van der Waals surface area contributed by atoms with Crippen molar-refractivity contribution < 1.29 is 9.31 Å². The Morgan fingerprint density at radius 1 is 0.688 bits per heavy atom. The molecule has 182 valence electrons. The van der Waals surface area contributed by atoms with Gasteiger partial charge in [-0.15, -0.1) is 0 Å². The summed E-state index contributed by atoms with van der Waals surface area (Å²) in [7, 11) is -0.403. The van der Waals surface area contributed by atoms with E-state index in [4.69, 9.17) is 19.3 Å². The average molecular weight is 446 g/mol. The number of hydrogen-bond acceptors (Lipinski definition) is 5. The van der Waals surface area contributed by atoms with Gasteiger partial charge in [0.1, 0.15) is 0 Å². The van der Waals surface area contributed by atoms with Crippen LogP contribution >= 0.6 is 0 Å². The van der Waals surface area contributed by atoms with Crippen molar-refractivity contribution in [2.24, 2.45) is 0 Å². The molecule has 0 bridgehead atoms. The van der Waals surface area contributed by atoms with E-state index in [1.165, 1.54) is 77.0 Å². The molecule has 0 amide bonds. The van der Waals surface area contributed by atoms with Gasteiger partial charge in [0.15, 0.2) is 0 Å². The maximum absolute atomic E-state index is 6.16. The second-order valence-corrected chi connectivity index (χ2v) is 10.4. The zero-order chi connectivity index (χ0) is 23.5. The fraction of sp³-hybridized carbons (Fsp3) is 0.846. The zero-order valence-corrected chi connectivity index (χ0v) is 21.8. The standard InChI is InChI=1S/C26H48BN3O2/c1-7-9-11-13-15-17-19-30(20-18-16-14-12-10-8-2)24-28-21-23(22-29-24)27-31-25(3,4)26(5,6)32-27/h21-22H,7-20H2,1-6H3. The Morgan fingerprint density at radius 3 is 1.53 bits per heavy atom. The van der Waals surface area contributed by atoms with Gasteiger partial charge in [-0.2, -0.15) is 0 Å². The van der Waals surface area contributed by atoms with Crippen molar-refractivity contribution in [3.05, 3.63) is 12.4 Å². The third kappa shape index (κ3) is 8.33. The Bertz CT molecular complexity index is 604. The van der Waals surface area contributed by atoms with Crippen molar-refractivity contribution >= 4 is 18.5 Å². The monoisotopic (exact) mass is 445 g/mol.